The lowest BCUT2D eigenvalue weighted by Crippen LogP contribution is -2.35. The zero-order chi connectivity index (χ0) is 15.2. The van der Waals surface area contributed by atoms with Crippen LogP contribution < -0.4 is 0 Å². The molecular weight excluding hydrogens is 338 g/mol. The fourth-order valence-corrected chi connectivity index (χ4v) is 5.26. The Labute approximate surface area is 129 Å². The van der Waals surface area contributed by atoms with Gasteiger partial charge in [0.1, 0.15) is 4.90 Å². The third-order valence-electron chi connectivity index (χ3n) is 3.34. The molecule has 0 aromatic carbocycles. The van der Waals surface area contributed by atoms with Gasteiger partial charge in [0.05, 0.1) is 11.8 Å². The van der Waals surface area contributed by atoms with Crippen molar-refractivity contribution in [3.8, 4) is 0 Å². The zero-order valence-electron chi connectivity index (χ0n) is 10.6. The van der Waals surface area contributed by atoms with E-state index in [-0.39, 0.29) is 28.8 Å². The van der Waals surface area contributed by atoms with Crippen LogP contribution in [0.25, 0.3) is 0 Å². The number of halogens is 1. The van der Waals surface area contributed by atoms with Crippen LogP contribution in [0.3, 0.4) is 0 Å². The molecule has 112 valence electrons. The molecule has 0 saturated carbocycles. The summed E-state index contributed by atoms with van der Waals surface area (Å²) in [6.07, 6.45) is 1.59. The molecule has 0 radical (unpaired) electrons. The second-order valence-electron chi connectivity index (χ2n) is 4.50. The summed E-state index contributed by atoms with van der Waals surface area (Å²) in [7, 11) is -3.74. The Morgan fingerprint density at radius 3 is 2.86 bits per heavy atom. The molecule has 0 unspecified atom stereocenters. The molecule has 1 aliphatic rings. The monoisotopic (exact) mass is 347 g/mol. The highest BCUT2D eigenvalue weighted by molar-refractivity contribution is 7.89. The van der Waals surface area contributed by atoms with Gasteiger partial charge in [0, 0.05) is 23.3 Å². The maximum Gasteiger partial charge on any atom is 0.336 e. The van der Waals surface area contributed by atoms with Gasteiger partial charge in [0.2, 0.25) is 15.2 Å². The number of nitrogens with zero attached hydrogens (tertiary/aromatic N) is 1. The fraction of sp³-hybridized carbons (Fsp3) is 0.250. The summed E-state index contributed by atoms with van der Waals surface area (Å²) in [6.45, 7) is 0.366. The quantitative estimate of drug-likeness (QED) is 0.921. The van der Waals surface area contributed by atoms with Crippen LogP contribution in [0.4, 0.5) is 0 Å². The lowest BCUT2D eigenvalue weighted by Gasteiger charge is -2.26. The number of carbonyl (C=O) groups is 1. The average Bonchev–Trinajstić information content (AvgIpc) is 3.03. The van der Waals surface area contributed by atoms with Crippen molar-refractivity contribution in [1.82, 2.24) is 4.31 Å². The molecule has 3 rings (SSSR count). The van der Waals surface area contributed by atoms with Crippen LogP contribution in [0.2, 0.25) is 5.22 Å². The number of furan rings is 1. The van der Waals surface area contributed by atoms with Gasteiger partial charge in [-0.15, -0.1) is 11.3 Å². The van der Waals surface area contributed by atoms with Crippen molar-refractivity contribution in [1.29, 1.82) is 0 Å². The second kappa shape index (κ2) is 5.13. The Balaban J connectivity index is 1.94. The summed E-state index contributed by atoms with van der Waals surface area (Å²) in [6, 6.07) is 1.31. The van der Waals surface area contributed by atoms with Crippen molar-refractivity contribution < 1.29 is 22.7 Å². The van der Waals surface area contributed by atoms with Gasteiger partial charge in [0.15, 0.2) is 0 Å². The minimum atomic E-state index is -3.74. The summed E-state index contributed by atoms with van der Waals surface area (Å²) in [4.78, 5) is 11.8. The molecule has 0 saturated heterocycles. The summed E-state index contributed by atoms with van der Waals surface area (Å²) in [5, 5.41) is 10.5. The maximum absolute atomic E-state index is 12.5. The highest BCUT2D eigenvalue weighted by atomic mass is 35.5. The number of fused-ring (bicyclic) bond motifs is 1. The van der Waals surface area contributed by atoms with Crippen LogP contribution in [-0.4, -0.2) is 30.3 Å². The van der Waals surface area contributed by atoms with Crippen molar-refractivity contribution in [2.45, 2.75) is 17.9 Å². The second-order valence-corrected chi connectivity index (χ2v) is 7.72. The molecule has 0 amide bonds. The van der Waals surface area contributed by atoms with Crippen molar-refractivity contribution in [2.75, 3.05) is 6.54 Å². The van der Waals surface area contributed by atoms with Crippen LogP contribution in [0.1, 0.15) is 20.8 Å². The van der Waals surface area contributed by atoms with Crippen LogP contribution >= 0.6 is 22.9 Å². The van der Waals surface area contributed by atoms with Gasteiger partial charge in [-0.1, -0.05) is 0 Å². The molecule has 9 heteroatoms. The van der Waals surface area contributed by atoms with E-state index in [2.05, 4.69) is 0 Å². The van der Waals surface area contributed by atoms with E-state index in [1.165, 1.54) is 28.0 Å². The van der Waals surface area contributed by atoms with Gasteiger partial charge in [-0.2, -0.15) is 4.31 Å². The molecule has 0 fully saturated rings. The van der Waals surface area contributed by atoms with E-state index in [0.717, 1.165) is 10.4 Å². The minimum absolute atomic E-state index is 0.0670. The first-order valence-electron chi connectivity index (χ1n) is 5.97. The average molecular weight is 348 g/mol. The number of aromatic carboxylic acids is 1. The smallest absolute Gasteiger partial charge is 0.336 e. The van der Waals surface area contributed by atoms with Crippen molar-refractivity contribution in [3.63, 3.8) is 0 Å². The third-order valence-corrected chi connectivity index (χ3v) is 6.63. The Morgan fingerprint density at radius 2 is 2.24 bits per heavy atom. The Kier molecular flexibility index (Phi) is 3.56. The summed E-state index contributed by atoms with van der Waals surface area (Å²) >= 11 is 7.00. The summed E-state index contributed by atoms with van der Waals surface area (Å²) in [5.41, 5.74) is 0.977. The van der Waals surface area contributed by atoms with E-state index in [4.69, 9.17) is 21.1 Å². The van der Waals surface area contributed by atoms with Crippen LogP contribution in [0.5, 0.6) is 0 Å². The van der Waals surface area contributed by atoms with Gasteiger partial charge in [-0.25, -0.2) is 13.2 Å². The Bertz CT molecular complexity index is 807. The molecule has 0 aliphatic carbocycles. The Hall–Kier alpha value is -1.35. The van der Waals surface area contributed by atoms with E-state index in [1.54, 1.807) is 5.38 Å². The standard InChI is InChI=1S/C12H10ClNO5S2/c13-11-10(2-4-19-11)21(17,18)14-3-1-7-8(12(15)16)6-20-9(7)5-14/h2,4,6H,1,3,5H2,(H,15,16). The molecule has 2 aromatic rings. The topological polar surface area (TPSA) is 87.8 Å². The molecule has 3 heterocycles. The van der Waals surface area contributed by atoms with Gasteiger partial charge < -0.3 is 9.52 Å². The lowest BCUT2D eigenvalue weighted by atomic mass is 10.1. The first-order chi connectivity index (χ1) is 9.91. The highest BCUT2D eigenvalue weighted by Gasteiger charge is 2.33. The van der Waals surface area contributed by atoms with Crippen LogP contribution in [0.15, 0.2) is 27.0 Å². The molecular formula is C12H10ClNO5S2. The zero-order valence-corrected chi connectivity index (χ0v) is 13.0. The number of rotatable bonds is 3. The molecule has 0 bridgehead atoms. The fourth-order valence-electron chi connectivity index (χ4n) is 2.30. The molecule has 6 nitrogen and oxygen atoms in total. The molecule has 1 N–H and O–H groups in total. The largest absolute Gasteiger partial charge is 0.478 e. The summed E-state index contributed by atoms with van der Waals surface area (Å²) < 4.78 is 31.1. The summed E-state index contributed by atoms with van der Waals surface area (Å²) in [5.74, 6) is -0.985. The molecule has 2 aromatic heterocycles. The highest BCUT2D eigenvalue weighted by Crippen LogP contribution is 2.33. The molecule has 21 heavy (non-hydrogen) atoms. The number of thiophene rings is 1. The Morgan fingerprint density at radius 1 is 1.48 bits per heavy atom. The molecule has 1 aliphatic heterocycles. The van der Waals surface area contributed by atoms with Gasteiger partial charge in [0.25, 0.3) is 0 Å². The number of sulfonamides is 1. The minimum Gasteiger partial charge on any atom is -0.478 e. The van der Waals surface area contributed by atoms with E-state index in [0.29, 0.717) is 6.42 Å². The van der Waals surface area contributed by atoms with Crippen LogP contribution in [0, 0.1) is 0 Å². The van der Waals surface area contributed by atoms with E-state index < -0.39 is 16.0 Å². The van der Waals surface area contributed by atoms with Crippen molar-refractivity contribution in [3.05, 3.63) is 38.9 Å². The lowest BCUT2D eigenvalue weighted by molar-refractivity contribution is 0.0696. The van der Waals surface area contributed by atoms with Crippen LogP contribution in [-0.2, 0) is 23.0 Å². The van der Waals surface area contributed by atoms with Gasteiger partial charge >= 0.3 is 5.97 Å². The van der Waals surface area contributed by atoms with Gasteiger partial charge in [-0.3, -0.25) is 0 Å². The third kappa shape index (κ3) is 2.38. The number of hydrogen-bond acceptors (Lipinski definition) is 5. The predicted octanol–water partition coefficient (Wildman–Crippen LogP) is 2.44. The normalized spacial score (nSPS) is 15.9. The molecule has 0 atom stereocenters. The van der Waals surface area contributed by atoms with Crippen molar-refractivity contribution >= 4 is 38.9 Å². The first kappa shape index (κ1) is 14.6. The van der Waals surface area contributed by atoms with E-state index >= 15 is 0 Å². The number of carboxylic acid groups (broad SMARTS) is 1. The predicted molar refractivity (Wildman–Crippen MR) is 76.3 cm³/mol. The van der Waals surface area contributed by atoms with E-state index in [9.17, 15) is 13.2 Å². The first-order valence-corrected chi connectivity index (χ1v) is 8.66. The number of hydrogen-bond donors (Lipinski definition) is 1. The van der Waals surface area contributed by atoms with Gasteiger partial charge in [-0.05, 0) is 29.7 Å². The number of carboxylic acids is 1. The maximum atomic E-state index is 12.5. The SMILES string of the molecule is O=C(O)c1csc2c1CCN(S(=O)(=O)c1ccoc1Cl)C2. The molecule has 0 spiro atoms. The van der Waals surface area contributed by atoms with E-state index in [1.807, 2.05) is 0 Å². The van der Waals surface area contributed by atoms with Crippen molar-refractivity contribution in [2.24, 2.45) is 0 Å².